The van der Waals surface area contributed by atoms with Gasteiger partial charge in [-0.1, -0.05) is 0 Å². The van der Waals surface area contributed by atoms with Crippen molar-refractivity contribution >= 4 is 25.3 Å². The maximum atomic E-state index is 9.75. The molecule has 0 spiro atoms. The van der Waals surface area contributed by atoms with Crippen molar-refractivity contribution in [2.24, 2.45) is 0 Å². The predicted molar refractivity (Wildman–Crippen MR) is 25.7 cm³/mol. The second kappa shape index (κ2) is 3.15. The minimum atomic E-state index is -0.327. The first-order chi connectivity index (χ1) is 2.77. The lowest BCUT2D eigenvalue weighted by Crippen LogP contribution is -2.60. The Balaban J connectivity index is 3.05. The maximum Gasteiger partial charge on any atom is 0.419 e. The van der Waals surface area contributed by atoms with Crippen molar-refractivity contribution in [3.8, 4) is 0 Å². The normalized spacial score (nSPS) is 8.17. The lowest BCUT2D eigenvalue weighted by Gasteiger charge is -1.75. The molecule has 3 nitrogen and oxygen atoms in total. The molecule has 0 aromatic rings. The lowest BCUT2D eigenvalue weighted by molar-refractivity contribution is -0.247. The first-order valence-corrected chi connectivity index (χ1v) is 3.12. The summed E-state index contributed by atoms with van der Waals surface area (Å²) < 4.78 is 0. The van der Waals surface area contributed by atoms with Crippen LogP contribution >= 0.6 is 7.51 Å². The van der Waals surface area contributed by atoms with Crippen LogP contribution in [0.25, 0.3) is 0 Å². The van der Waals surface area contributed by atoms with E-state index in [0.29, 0.717) is 7.51 Å². The van der Waals surface area contributed by atoms with Gasteiger partial charge in [-0.3, -0.25) is 5.73 Å². The molecule has 0 atom stereocenters. The van der Waals surface area contributed by atoms with E-state index in [2.05, 4.69) is 22.6 Å². The first-order valence-electron chi connectivity index (χ1n) is 1.21. The van der Waals surface area contributed by atoms with E-state index in [9.17, 15) is 4.79 Å². The van der Waals surface area contributed by atoms with Crippen LogP contribution in [0.5, 0.6) is 0 Å². The van der Waals surface area contributed by atoms with Gasteiger partial charge in [-0.15, -0.1) is 0 Å². The van der Waals surface area contributed by atoms with Crippen LogP contribution in [0.3, 0.4) is 0 Å². The van der Waals surface area contributed by atoms with E-state index in [-0.39, 0.29) is 6.03 Å². The molecule has 6 heavy (non-hydrogen) atoms. The smallest absolute Gasteiger partial charge is 0.274 e. The zero-order valence-electron chi connectivity index (χ0n) is 2.97. The molecule has 0 rings (SSSR count). The molecule has 0 bridgehead atoms. The van der Waals surface area contributed by atoms with Crippen LogP contribution in [-0.2, 0) is 11.8 Å². The van der Waals surface area contributed by atoms with E-state index in [1.807, 2.05) is 0 Å². The summed E-state index contributed by atoms with van der Waals surface area (Å²) in [5, 5.41) is 2.25. The summed E-state index contributed by atoms with van der Waals surface area (Å²) in [6, 6.07) is -0.327. The molecule has 0 aliphatic heterocycles. The molecule has 0 aliphatic carbocycles. The largest absolute Gasteiger partial charge is 0.419 e. The van der Waals surface area contributed by atoms with Crippen molar-refractivity contribution in [3.05, 3.63) is 0 Å². The fourth-order valence-corrected chi connectivity index (χ4v) is 0.458. The van der Waals surface area contributed by atoms with E-state index in [4.69, 9.17) is 0 Å². The average Bonchev–Trinajstić information content (AvgIpc) is 1.35. The van der Waals surface area contributed by atoms with Crippen molar-refractivity contribution in [3.63, 3.8) is 0 Å². The van der Waals surface area contributed by atoms with Gasteiger partial charge in [0.15, 0.2) is 0 Å². The van der Waals surface area contributed by atoms with Crippen molar-refractivity contribution in [1.29, 1.82) is 0 Å². The molecule has 0 aliphatic rings. The molecule has 0 radical (unpaired) electrons. The van der Waals surface area contributed by atoms with Crippen molar-refractivity contribution in [2.45, 2.75) is 0 Å². The van der Waals surface area contributed by atoms with Crippen molar-refractivity contribution in [2.75, 3.05) is 0 Å². The van der Waals surface area contributed by atoms with Gasteiger partial charge in [0.2, 0.25) is 0 Å². The molecular formula is CH4N2OPS+. The van der Waals surface area contributed by atoms with Gasteiger partial charge >= 0.3 is 6.03 Å². The van der Waals surface area contributed by atoms with E-state index in [1.54, 1.807) is 0 Å². The summed E-state index contributed by atoms with van der Waals surface area (Å²) in [6.45, 7) is 0. The highest BCUT2D eigenvalue weighted by molar-refractivity contribution is 7.95. The van der Waals surface area contributed by atoms with E-state index < -0.39 is 0 Å². The molecule has 0 heterocycles. The molecule has 0 saturated heterocycles. The summed E-state index contributed by atoms with van der Waals surface area (Å²) in [7, 11) is 0.445. The van der Waals surface area contributed by atoms with Crippen LogP contribution in [-0.4, -0.2) is 6.03 Å². The minimum Gasteiger partial charge on any atom is -0.274 e. The number of carbonyl (C=O) groups excluding carboxylic acids is 1. The topological polar surface area (TPSA) is 56.7 Å². The Kier molecular flexibility index (Phi) is 3.13. The third-order valence-electron chi connectivity index (χ3n) is 0.170. The monoisotopic (exact) mass is 123 g/mol. The fourth-order valence-electron chi connectivity index (χ4n) is 0.0509. The third-order valence-corrected chi connectivity index (χ3v) is 0.785. The van der Waals surface area contributed by atoms with Crippen LogP contribution in [0.4, 0.5) is 4.79 Å². The van der Waals surface area contributed by atoms with E-state index in [0.717, 1.165) is 0 Å². The van der Waals surface area contributed by atoms with E-state index >= 15 is 0 Å². The molecule has 2 amide bonds. The van der Waals surface area contributed by atoms with Gasteiger partial charge in [-0.2, -0.15) is 0 Å². The molecule has 5 heteroatoms. The Labute approximate surface area is 41.8 Å². The number of hydrogen-bond donors (Lipinski definition) is 2. The minimum absolute atomic E-state index is 0.327. The number of urea groups is 1. The molecule has 0 fully saturated rings. The summed E-state index contributed by atoms with van der Waals surface area (Å²) in [5.74, 6) is 0. The van der Waals surface area contributed by atoms with Gasteiger partial charge < -0.3 is 0 Å². The highest BCUT2D eigenvalue weighted by Crippen LogP contribution is 1.74. The molecule has 0 aromatic carbocycles. The number of quaternary nitrogens is 1. The van der Waals surface area contributed by atoms with Gasteiger partial charge in [0.25, 0.3) is 0 Å². The van der Waals surface area contributed by atoms with Crippen molar-refractivity contribution < 1.29 is 10.5 Å². The highest BCUT2D eigenvalue weighted by atomic mass is 32.4. The number of nitrogens with one attached hydrogen (secondary N) is 1. The molecule has 0 aromatic heterocycles. The fraction of sp³-hybridized carbons (Fsp3) is 0. The molecule has 34 valence electrons. The summed E-state index contributed by atoms with van der Waals surface area (Å²) >= 11 is 4.33. The Bertz CT molecular complexity index is 73.9. The average molecular weight is 123 g/mol. The number of amides is 2. The highest BCUT2D eigenvalue weighted by Gasteiger charge is 1.84. The zero-order chi connectivity index (χ0) is 4.99. The quantitative estimate of drug-likeness (QED) is 0.451. The summed E-state index contributed by atoms with van der Waals surface area (Å²) in [4.78, 5) is 9.75. The molecule has 0 unspecified atom stereocenters. The number of hydrogen-bond acceptors (Lipinski definition) is 2. The SMILES string of the molecule is [NH3+]C(=O)NP=S. The van der Waals surface area contributed by atoms with Crippen LogP contribution in [0, 0.1) is 0 Å². The van der Waals surface area contributed by atoms with Gasteiger partial charge in [-0.05, 0) is 11.8 Å². The van der Waals surface area contributed by atoms with Gasteiger partial charge in [0.05, 0.1) is 7.51 Å². The first kappa shape index (κ1) is 5.95. The number of carbonyl (C=O) groups is 1. The number of rotatable bonds is 1. The van der Waals surface area contributed by atoms with Crippen molar-refractivity contribution in [1.82, 2.24) is 5.09 Å². The zero-order valence-corrected chi connectivity index (χ0v) is 4.68. The third kappa shape index (κ3) is 3.95. The van der Waals surface area contributed by atoms with Crippen LogP contribution in [0.2, 0.25) is 0 Å². The second-order valence-corrected chi connectivity index (χ2v) is 1.58. The molecule has 4 N–H and O–H groups in total. The second-order valence-electron chi connectivity index (χ2n) is 0.626. The maximum absolute atomic E-state index is 9.75. The Hall–Kier alpha value is -0.0500. The van der Waals surface area contributed by atoms with Gasteiger partial charge in [-0.25, -0.2) is 9.88 Å². The summed E-state index contributed by atoms with van der Waals surface area (Å²) in [6.07, 6.45) is 0. The molecular weight excluding hydrogens is 119 g/mol. The van der Waals surface area contributed by atoms with E-state index in [1.165, 1.54) is 0 Å². The Morgan fingerprint density at radius 2 is 2.50 bits per heavy atom. The van der Waals surface area contributed by atoms with Crippen LogP contribution < -0.4 is 10.8 Å². The van der Waals surface area contributed by atoms with Gasteiger partial charge in [0.1, 0.15) is 0 Å². The van der Waals surface area contributed by atoms with Gasteiger partial charge in [0, 0.05) is 0 Å². The standard InChI is InChI=1S/CH3N2OPS/c2-1(4)3-5-6/h(H3,2,3,4,6)/p+1. The van der Waals surface area contributed by atoms with Crippen LogP contribution in [0.15, 0.2) is 0 Å². The Morgan fingerprint density at radius 3 is 2.50 bits per heavy atom. The molecule has 0 saturated carbocycles. The van der Waals surface area contributed by atoms with Crippen LogP contribution in [0.1, 0.15) is 0 Å². The Morgan fingerprint density at radius 1 is 2.00 bits per heavy atom. The predicted octanol–water partition coefficient (Wildman–Crippen LogP) is -0.739. The summed E-state index contributed by atoms with van der Waals surface area (Å²) in [5.41, 5.74) is 3.00. The lowest BCUT2D eigenvalue weighted by atomic mass is 11.2.